The lowest BCUT2D eigenvalue weighted by molar-refractivity contribution is -0.118. The van der Waals surface area contributed by atoms with Gasteiger partial charge in [0.05, 0.1) is 0 Å². The molecule has 1 rings (SSSR count). The van der Waals surface area contributed by atoms with Crippen molar-refractivity contribution in [3.63, 3.8) is 0 Å². The van der Waals surface area contributed by atoms with Crippen LogP contribution in [-0.2, 0) is 16.0 Å². The summed E-state index contributed by atoms with van der Waals surface area (Å²) < 4.78 is 0. The lowest BCUT2D eigenvalue weighted by Crippen LogP contribution is -2.10. The molecule has 0 aliphatic rings. The second-order valence-corrected chi connectivity index (χ2v) is 3.75. The van der Waals surface area contributed by atoms with Crippen LogP contribution in [0.4, 0.5) is 0 Å². The van der Waals surface area contributed by atoms with Gasteiger partial charge in [0.25, 0.3) is 0 Å². The Kier molecular flexibility index (Phi) is 8.90. The second kappa shape index (κ2) is 10.1. The SMILES string of the molecule is C=CCCC(N)=O.NC(=O)CCc1ccccc1. The number of carbonyl (C=O) groups is 2. The molecule has 0 bridgehead atoms. The maximum Gasteiger partial charge on any atom is 0.217 e. The zero-order valence-electron chi connectivity index (χ0n) is 10.5. The number of benzene rings is 1. The first kappa shape index (κ1) is 15.9. The number of carbonyl (C=O) groups excluding carboxylic acids is 2. The molecule has 18 heavy (non-hydrogen) atoms. The van der Waals surface area contributed by atoms with Crippen LogP contribution in [0.1, 0.15) is 24.8 Å². The third kappa shape index (κ3) is 10.4. The largest absolute Gasteiger partial charge is 0.370 e. The number of amides is 2. The predicted molar refractivity (Wildman–Crippen MR) is 72.6 cm³/mol. The van der Waals surface area contributed by atoms with Gasteiger partial charge in [-0.2, -0.15) is 0 Å². The first-order valence-electron chi connectivity index (χ1n) is 5.77. The van der Waals surface area contributed by atoms with Gasteiger partial charge in [-0.05, 0) is 18.4 Å². The molecule has 2 amide bonds. The van der Waals surface area contributed by atoms with Crippen LogP contribution in [0, 0.1) is 0 Å². The summed E-state index contributed by atoms with van der Waals surface area (Å²) >= 11 is 0. The molecule has 0 unspecified atom stereocenters. The fraction of sp³-hybridized carbons (Fsp3) is 0.286. The van der Waals surface area contributed by atoms with Gasteiger partial charge >= 0.3 is 0 Å². The van der Waals surface area contributed by atoms with Crippen molar-refractivity contribution in [2.45, 2.75) is 25.7 Å². The van der Waals surface area contributed by atoms with Crippen molar-refractivity contribution >= 4 is 11.8 Å². The summed E-state index contributed by atoms with van der Waals surface area (Å²) in [4.78, 5) is 20.3. The van der Waals surface area contributed by atoms with Crippen LogP contribution in [0.15, 0.2) is 43.0 Å². The highest BCUT2D eigenvalue weighted by molar-refractivity contribution is 5.74. The predicted octanol–water partition coefficient (Wildman–Crippen LogP) is 1.54. The topological polar surface area (TPSA) is 86.2 Å². The van der Waals surface area contributed by atoms with Gasteiger partial charge in [0, 0.05) is 12.8 Å². The van der Waals surface area contributed by atoms with Gasteiger partial charge < -0.3 is 11.5 Å². The van der Waals surface area contributed by atoms with E-state index in [4.69, 9.17) is 11.5 Å². The third-order valence-corrected chi connectivity index (χ3v) is 2.10. The molecular formula is C14H20N2O2. The van der Waals surface area contributed by atoms with Gasteiger partial charge in [-0.1, -0.05) is 36.4 Å². The summed E-state index contributed by atoms with van der Waals surface area (Å²) in [5, 5.41) is 0. The van der Waals surface area contributed by atoms with Gasteiger partial charge in [-0.15, -0.1) is 6.58 Å². The number of rotatable bonds is 6. The van der Waals surface area contributed by atoms with Gasteiger partial charge in [0.15, 0.2) is 0 Å². The Balaban J connectivity index is 0.000000360. The van der Waals surface area contributed by atoms with Gasteiger partial charge in [-0.3, -0.25) is 9.59 Å². The Hall–Kier alpha value is -2.10. The Bertz CT molecular complexity index is 375. The van der Waals surface area contributed by atoms with Crippen molar-refractivity contribution in [3.8, 4) is 0 Å². The Morgan fingerprint density at radius 1 is 1.06 bits per heavy atom. The summed E-state index contributed by atoms with van der Waals surface area (Å²) in [5.41, 5.74) is 11.0. The van der Waals surface area contributed by atoms with Gasteiger partial charge in [-0.25, -0.2) is 0 Å². The molecular weight excluding hydrogens is 228 g/mol. The minimum atomic E-state index is -0.264. The average molecular weight is 248 g/mol. The number of primary amides is 2. The zero-order chi connectivity index (χ0) is 13.8. The van der Waals surface area contributed by atoms with E-state index < -0.39 is 0 Å². The lowest BCUT2D eigenvalue weighted by atomic mass is 10.1. The minimum Gasteiger partial charge on any atom is -0.370 e. The second-order valence-electron chi connectivity index (χ2n) is 3.75. The molecule has 0 saturated heterocycles. The third-order valence-electron chi connectivity index (χ3n) is 2.10. The maximum atomic E-state index is 10.4. The van der Waals surface area contributed by atoms with E-state index in [-0.39, 0.29) is 11.8 Å². The molecule has 0 aliphatic heterocycles. The molecule has 0 saturated carbocycles. The van der Waals surface area contributed by atoms with E-state index in [9.17, 15) is 9.59 Å². The summed E-state index contributed by atoms with van der Waals surface area (Å²) in [6.45, 7) is 3.42. The highest BCUT2D eigenvalue weighted by Crippen LogP contribution is 2.01. The van der Waals surface area contributed by atoms with Crippen LogP contribution < -0.4 is 11.5 Å². The summed E-state index contributed by atoms with van der Waals surface area (Å²) in [5.74, 6) is -0.506. The van der Waals surface area contributed by atoms with Crippen LogP contribution in [0.2, 0.25) is 0 Å². The minimum absolute atomic E-state index is 0.242. The summed E-state index contributed by atoms with van der Waals surface area (Å²) in [6, 6.07) is 9.84. The fourth-order valence-corrected chi connectivity index (χ4v) is 1.16. The highest BCUT2D eigenvalue weighted by atomic mass is 16.1. The van der Waals surface area contributed by atoms with E-state index in [1.54, 1.807) is 6.08 Å². The molecule has 4 heteroatoms. The van der Waals surface area contributed by atoms with Crippen LogP contribution in [0.3, 0.4) is 0 Å². The number of nitrogens with two attached hydrogens (primary N) is 2. The van der Waals surface area contributed by atoms with Crippen LogP contribution >= 0.6 is 0 Å². The average Bonchev–Trinajstić information content (AvgIpc) is 2.36. The monoisotopic (exact) mass is 248 g/mol. The number of aryl methyl sites for hydroxylation is 1. The maximum absolute atomic E-state index is 10.4. The molecule has 0 radical (unpaired) electrons. The van der Waals surface area contributed by atoms with Crippen molar-refractivity contribution in [1.82, 2.24) is 0 Å². The van der Waals surface area contributed by atoms with E-state index in [2.05, 4.69) is 6.58 Å². The van der Waals surface area contributed by atoms with E-state index in [1.807, 2.05) is 30.3 Å². The smallest absolute Gasteiger partial charge is 0.217 e. The molecule has 1 aromatic carbocycles. The van der Waals surface area contributed by atoms with Gasteiger partial charge in [0.1, 0.15) is 0 Å². The van der Waals surface area contributed by atoms with Gasteiger partial charge in [0.2, 0.25) is 11.8 Å². The molecule has 1 aromatic rings. The molecule has 0 spiro atoms. The normalized spacial score (nSPS) is 8.89. The van der Waals surface area contributed by atoms with Crippen molar-refractivity contribution in [2.24, 2.45) is 11.5 Å². The number of hydrogen-bond donors (Lipinski definition) is 2. The zero-order valence-corrected chi connectivity index (χ0v) is 10.5. The van der Waals surface area contributed by atoms with Crippen molar-refractivity contribution < 1.29 is 9.59 Å². The highest BCUT2D eigenvalue weighted by Gasteiger charge is 1.94. The molecule has 0 heterocycles. The first-order chi connectivity index (χ1) is 8.56. The Morgan fingerprint density at radius 2 is 1.61 bits per heavy atom. The van der Waals surface area contributed by atoms with Crippen molar-refractivity contribution in [1.29, 1.82) is 0 Å². The summed E-state index contributed by atoms with van der Waals surface area (Å²) in [6.07, 6.45) is 3.96. The molecule has 4 nitrogen and oxygen atoms in total. The Labute approximate surface area is 108 Å². The molecule has 98 valence electrons. The van der Waals surface area contributed by atoms with Crippen LogP contribution in [0.25, 0.3) is 0 Å². The fourth-order valence-electron chi connectivity index (χ4n) is 1.16. The molecule has 0 aromatic heterocycles. The van der Waals surface area contributed by atoms with Crippen molar-refractivity contribution in [2.75, 3.05) is 0 Å². The quantitative estimate of drug-likeness (QED) is 0.748. The van der Waals surface area contributed by atoms with Crippen LogP contribution in [-0.4, -0.2) is 11.8 Å². The van der Waals surface area contributed by atoms with Crippen LogP contribution in [0.5, 0.6) is 0 Å². The van der Waals surface area contributed by atoms with E-state index in [1.165, 1.54) is 0 Å². The molecule has 0 atom stereocenters. The van der Waals surface area contributed by atoms with Crippen molar-refractivity contribution in [3.05, 3.63) is 48.6 Å². The molecule has 0 fully saturated rings. The Morgan fingerprint density at radius 3 is 2.00 bits per heavy atom. The lowest BCUT2D eigenvalue weighted by Gasteiger charge is -1.96. The number of allylic oxidation sites excluding steroid dienone is 1. The van der Waals surface area contributed by atoms with E-state index in [0.717, 1.165) is 12.0 Å². The van der Waals surface area contributed by atoms with E-state index in [0.29, 0.717) is 19.3 Å². The molecule has 4 N–H and O–H groups in total. The molecule has 0 aliphatic carbocycles. The first-order valence-corrected chi connectivity index (χ1v) is 5.77. The van der Waals surface area contributed by atoms with E-state index >= 15 is 0 Å². The summed E-state index contributed by atoms with van der Waals surface area (Å²) in [7, 11) is 0. The number of hydrogen-bond acceptors (Lipinski definition) is 2. The standard InChI is InChI=1S/C9H11NO.C5H9NO/c10-9(11)7-6-8-4-2-1-3-5-8;1-2-3-4-5(6)7/h1-5H,6-7H2,(H2,10,11);2H,1,3-4H2,(H2,6,7).